The van der Waals surface area contributed by atoms with Gasteiger partial charge in [-0.1, -0.05) is 33.6 Å². The lowest BCUT2D eigenvalue weighted by molar-refractivity contribution is -0.138. The van der Waals surface area contributed by atoms with Crippen LogP contribution in [0.1, 0.15) is 60.8 Å². The van der Waals surface area contributed by atoms with E-state index in [0.717, 1.165) is 6.42 Å². The maximum Gasteiger partial charge on any atom is 0.0788 e. The maximum absolute atomic E-state index is 8.92. The second kappa shape index (κ2) is 8.89. The Bertz CT molecular complexity index is 206. The number of ether oxygens (including phenoxy) is 2. The van der Waals surface area contributed by atoms with E-state index in [1.807, 2.05) is 13.8 Å². The molecule has 0 radical (unpaired) electrons. The summed E-state index contributed by atoms with van der Waals surface area (Å²) in [6.07, 6.45) is 3.41. The van der Waals surface area contributed by atoms with Crippen molar-refractivity contribution in [3.05, 3.63) is 0 Å². The molecule has 0 amide bonds. The first-order valence-electron chi connectivity index (χ1n) is 7.26. The minimum absolute atomic E-state index is 0.0586. The van der Waals surface area contributed by atoms with Crippen molar-refractivity contribution >= 4 is 0 Å². The Kier molecular flexibility index (Phi) is 8.83. The zero-order chi connectivity index (χ0) is 14.2. The van der Waals surface area contributed by atoms with Gasteiger partial charge in [0.1, 0.15) is 0 Å². The van der Waals surface area contributed by atoms with Gasteiger partial charge in [0.15, 0.2) is 0 Å². The molecular weight excluding hydrogens is 228 g/mol. The number of aliphatic hydroxyl groups is 1. The average molecular weight is 260 g/mol. The Morgan fingerprint density at radius 3 is 2.17 bits per heavy atom. The van der Waals surface area contributed by atoms with E-state index in [2.05, 4.69) is 27.7 Å². The molecule has 0 bridgehead atoms. The van der Waals surface area contributed by atoms with Gasteiger partial charge in [-0.2, -0.15) is 0 Å². The van der Waals surface area contributed by atoms with Gasteiger partial charge < -0.3 is 14.6 Å². The van der Waals surface area contributed by atoms with Crippen molar-refractivity contribution in [2.24, 2.45) is 5.92 Å². The molecule has 0 aromatic heterocycles. The van der Waals surface area contributed by atoms with Crippen LogP contribution in [0.25, 0.3) is 0 Å². The van der Waals surface area contributed by atoms with E-state index < -0.39 is 0 Å². The topological polar surface area (TPSA) is 38.7 Å². The van der Waals surface area contributed by atoms with Crippen molar-refractivity contribution in [3.8, 4) is 0 Å². The minimum Gasteiger partial charge on any atom is -0.394 e. The van der Waals surface area contributed by atoms with Crippen LogP contribution in [0.5, 0.6) is 0 Å². The molecule has 3 heteroatoms. The summed E-state index contributed by atoms with van der Waals surface area (Å²) in [6, 6.07) is 0. The maximum atomic E-state index is 8.92. The van der Waals surface area contributed by atoms with Gasteiger partial charge in [0.25, 0.3) is 0 Å². The molecule has 0 aromatic carbocycles. The smallest absolute Gasteiger partial charge is 0.0788 e. The van der Waals surface area contributed by atoms with Gasteiger partial charge in [-0.3, -0.25) is 0 Å². The predicted octanol–water partition coefficient (Wildman–Crippen LogP) is 3.39. The monoisotopic (exact) mass is 260 g/mol. The summed E-state index contributed by atoms with van der Waals surface area (Å²) in [4.78, 5) is 0. The molecular formula is C15H32O3. The predicted molar refractivity (Wildman–Crippen MR) is 75.8 cm³/mol. The third kappa shape index (κ3) is 6.72. The van der Waals surface area contributed by atoms with Crippen LogP contribution < -0.4 is 0 Å². The summed E-state index contributed by atoms with van der Waals surface area (Å²) in [6.45, 7) is 13.3. The molecule has 0 fully saturated rings. The molecule has 0 heterocycles. The summed E-state index contributed by atoms with van der Waals surface area (Å²) in [7, 11) is 0. The van der Waals surface area contributed by atoms with Gasteiger partial charge in [-0.15, -0.1) is 0 Å². The summed E-state index contributed by atoms with van der Waals surface area (Å²) in [5, 5.41) is 8.92. The van der Waals surface area contributed by atoms with Gasteiger partial charge in [0.05, 0.1) is 31.0 Å². The molecule has 18 heavy (non-hydrogen) atoms. The van der Waals surface area contributed by atoms with Crippen molar-refractivity contribution in [2.75, 3.05) is 13.2 Å². The van der Waals surface area contributed by atoms with Gasteiger partial charge in [0.2, 0.25) is 0 Å². The number of rotatable bonds is 10. The highest BCUT2D eigenvalue weighted by molar-refractivity contribution is 4.80. The van der Waals surface area contributed by atoms with Crippen LogP contribution >= 0.6 is 0 Å². The molecule has 3 atom stereocenters. The van der Waals surface area contributed by atoms with Gasteiger partial charge in [-0.25, -0.2) is 0 Å². The van der Waals surface area contributed by atoms with Crippen molar-refractivity contribution in [1.82, 2.24) is 0 Å². The third-order valence-electron chi connectivity index (χ3n) is 3.59. The van der Waals surface area contributed by atoms with Crippen LogP contribution in [0.15, 0.2) is 0 Å². The van der Waals surface area contributed by atoms with Crippen LogP contribution in [0.4, 0.5) is 0 Å². The van der Waals surface area contributed by atoms with Crippen molar-refractivity contribution in [3.63, 3.8) is 0 Å². The highest BCUT2D eigenvalue weighted by atomic mass is 16.6. The largest absolute Gasteiger partial charge is 0.394 e. The fourth-order valence-corrected chi connectivity index (χ4v) is 1.86. The Hall–Kier alpha value is -0.120. The standard InChI is InChI=1S/C15H32O3/c1-7-8-9-15(6,12(2)3)18-14(5)11-17-13(4)10-16/h12-14,16H,7-11H2,1-6H3. The molecule has 3 nitrogen and oxygen atoms in total. The van der Waals surface area contributed by atoms with E-state index in [9.17, 15) is 0 Å². The number of hydrogen-bond donors (Lipinski definition) is 1. The fraction of sp³-hybridized carbons (Fsp3) is 1.00. The third-order valence-corrected chi connectivity index (χ3v) is 3.59. The Morgan fingerprint density at radius 2 is 1.72 bits per heavy atom. The molecule has 110 valence electrons. The van der Waals surface area contributed by atoms with E-state index in [4.69, 9.17) is 14.6 Å². The minimum atomic E-state index is -0.114. The first kappa shape index (κ1) is 17.9. The van der Waals surface area contributed by atoms with Crippen molar-refractivity contribution in [2.45, 2.75) is 78.6 Å². The fourth-order valence-electron chi connectivity index (χ4n) is 1.86. The van der Waals surface area contributed by atoms with Gasteiger partial charge in [-0.05, 0) is 33.1 Å². The molecule has 0 saturated heterocycles. The van der Waals surface area contributed by atoms with Crippen molar-refractivity contribution < 1.29 is 14.6 Å². The highest BCUT2D eigenvalue weighted by Crippen LogP contribution is 2.29. The van der Waals surface area contributed by atoms with Crippen LogP contribution in [-0.4, -0.2) is 36.1 Å². The zero-order valence-corrected chi connectivity index (χ0v) is 13.0. The Balaban J connectivity index is 4.22. The lowest BCUT2D eigenvalue weighted by Gasteiger charge is -2.37. The van der Waals surface area contributed by atoms with Crippen LogP contribution in [0.2, 0.25) is 0 Å². The summed E-state index contributed by atoms with van der Waals surface area (Å²) in [5.74, 6) is 0.488. The SMILES string of the molecule is CCCCC(C)(OC(C)COC(C)CO)C(C)C. The van der Waals surface area contributed by atoms with Crippen LogP contribution in [0, 0.1) is 5.92 Å². The molecule has 1 N–H and O–H groups in total. The van der Waals surface area contributed by atoms with Gasteiger partial charge in [0, 0.05) is 0 Å². The molecule has 0 aliphatic heterocycles. The van der Waals surface area contributed by atoms with Crippen LogP contribution in [0.3, 0.4) is 0 Å². The first-order valence-corrected chi connectivity index (χ1v) is 7.26. The van der Waals surface area contributed by atoms with E-state index in [-0.39, 0.29) is 24.4 Å². The number of hydrogen-bond acceptors (Lipinski definition) is 3. The van der Waals surface area contributed by atoms with Crippen LogP contribution in [-0.2, 0) is 9.47 Å². The number of aliphatic hydroxyl groups excluding tert-OH is 1. The average Bonchev–Trinajstić information content (AvgIpc) is 2.33. The Morgan fingerprint density at radius 1 is 1.11 bits per heavy atom. The lowest BCUT2D eigenvalue weighted by atomic mass is 9.87. The number of unbranched alkanes of at least 4 members (excludes halogenated alkanes) is 1. The van der Waals surface area contributed by atoms with Crippen molar-refractivity contribution in [1.29, 1.82) is 0 Å². The normalized spacial score (nSPS) is 18.7. The first-order chi connectivity index (χ1) is 8.35. The van der Waals surface area contributed by atoms with E-state index in [1.54, 1.807) is 0 Å². The van der Waals surface area contributed by atoms with E-state index in [1.165, 1.54) is 12.8 Å². The molecule has 0 rings (SSSR count). The summed E-state index contributed by atoms with van der Waals surface area (Å²) in [5.41, 5.74) is -0.0821. The lowest BCUT2D eigenvalue weighted by Crippen LogP contribution is -2.39. The highest BCUT2D eigenvalue weighted by Gasteiger charge is 2.30. The molecule has 3 unspecified atom stereocenters. The summed E-state index contributed by atoms with van der Waals surface area (Å²) < 4.78 is 11.7. The second-order valence-electron chi connectivity index (χ2n) is 5.83. The molecule has 0 aliphatic rings. The van der Waals surface area contributed by atoms with E-state index in [0.29, 0.717) is 12.5 Å². The van der Waals surface area contributed by atoms with Gasteiger partial charge >= 0.3 is 0 Å². The molecule has 0 aromatic rings. The zero-order valence-electron chi connectivity index (χ0n) is 13.0. The van der Waals surface area contributed by atoms with E-state index >= 15 is 0 Å². The molecule has 0 saturated carbocycles. The molecule has 0 aliphatic carbocycles. The second-order valence-corrected chi connectivity index (χ2v) is 5.83. The molecule has 0 spiro atoms. The quantitative estimate of drug-likeness (QED) is 0.654. The summed E-state index contributed by atoms with van der Waals surface area (Å²) >= 11 is 0. The Labute approximate surface area is 113 Å².